The third-order valence-corrected chi connectivity index (χ3v) is 5.45. The highest BCUT2D eigenvalue weighted by molar-refractivity contribution is 7.90. The fraction of sp³-hybridized carbons (Fsp3) is 1.00. The van der Waals surface area contributed by atoms with Crippen LogP contribution in [0.25, 0.3) is 0 Å². The van der Waals surface area contributed by atoms with Crippen LogP contribution in [0.3, 0.4) is 0 Å². The van der Waals surface area contributed by atoms with E-state index in [2.05, 4.69) is 17.0 Å². The maximum Gasteiger partial charge on any atom is 0.215 e. The lowest BCUT2D eigenvalue weighted by molar-refractivity contribution is -0.0659. The van der Waals surface area contributed by atoms with Gasteiger partial charge in [-0.2, -0.15) is 0 Å². The van der Waals surface area contributed by atoms with E-state index in [-0.39, 0.29) is 5.60 Å². The summed E-state index contributed by atoms with van der Waals surface area (Å²) in [6.07, 6.45) is 4.00. The molecule has 0 saturated heterocycles. The summed E-state index contributed by atoms with van der Waals surface area (Å²) in [7, 11) is -1.60. The van der Waals surface area contributed by atoms with Gasteiger partial charge in [-0.25, -0.2) is 13.1 Å². The maximum absolute atomic E-state index is 12.0. The normalized spacial score (nSPS) is 20.4. The number of ether oxygens (including phenoxy) is 1. The van der Waals surface area contributed by atoms with Crippen LogP contribution >= 0.6 is 0 Å². The average molecular weight is 278 g/mol. The van der Waals surface area contributed by atoms with E-state index in [9.17, 15) is 8.42 Å². The highest BCUT2D eigenvalue weighted by Gasteiger charge is 2.38. The van der Waals surface area contributed by atoms with E-state index in [1.54, 1.807) is 14.0 Å². The van der Waals surface area contributed by atoms with E-state index in [4.69, 9.17) is 4.74 Å². The SMILES string of the molecule is CCCNCC(C)S(=O)(=O)NCC1(OC)CCC1. The average Bonchev–Trinajstić information content (AvgIpc) is 2.28. The molecule has 1 rings (SSSR count). The molecular weight excluding hydrogens is 252 g/mol. The Labute approximate surface area is 111 Å². The summed E-state index contributed by atoms with van der Waals surface area (Å²) in [6.45, 7) is 5.52. The number of methoxy groups -OCH3 is 1. The molecule has 108 valence electrons. The van der Waals surface area contributed by atoms with Gasteiger partial charge in [0.05, 0.1) is 10.9 Å². The van der Waals surface area contributed by atoms with Gasteiger partial charge >= 0.3 is 0 Å². The van der Waals surface area contributed by atoms with E-state index >= 15 is 0 Å². The molecule has 0 aromatic carbocycles. The molecule has 0 heterocycles. The van der Waals surface area contributed by atoms with Crippen LogP contribution in [-0.2, 0) is 14.8 Å². The number of sulfonamides is 1. The third kappa shape index (κ3) is 4.19. The van der Waals surface area contributed by atoms with Gasteiger partial charge in [0.15, 0.2) is 0 Å². The molecule has 1 saturated carbocycles. The Morgan fingerprint density at radius 3 is 2.50 bits per heavy atom. The van der Waals surface area contributed by atoms with Crippen LogP contribution < -0.4 is 10.0 Å². The van der Waals surface area contributed by atoms with Crippen molar-refractivity contribution in [1.82, 2.24) is 10.0 Å². The van der Waals surface area contributed by atoms with Crippen molar-refractivity contribution in [3.63, 3.8) is 0 Å². The van der Waals surface area contributed by atoms with E-state index in [0.717, 1.165) is 32.2 Å². The first-order chi connectivity index (χ1) is 8.46. The predicted octanol–water partition coefficient (Wildman–Crippen LogP) is 0.863. The first kappa shape index (κ1) is 15.9. The molecule has 6 heteroatoms. The summed E-state index contributed by atoms with van der Waals surface area (Å²) in [5.41, 5.74) is -0.260. The Bertz CT molecular complexity index is 334. The molecule has 1 aliphatic rings. The molecule has 0 amide bonds. The molecule has 0 aliphatic heterocycles. The molecule has 5 nitrogen and oxygen atoms in total. The molecule has 0 aromatic heterocycles. The fourth-order valence-electron chi connectivity index (χ4n) is 1.99. The van der Waals surface area contributed by atoms with Gasteiger partial charge in [0.2, 0.25) is 10.0 Å². The molecule has 0 bridgehead atoms. The maximum atomic E-state index is 12.0. The van der Waals surface area contributed by atoms with Crippen molar-refractivity contribution < 1.29 is 13.2 Å². The van der Waals surface area contributed by atoms with Gasteiger partial charge < -0.3 is 10.1 Å². The van der Waals surface area contributed by atoms with Crippen molar-refractivity contribution in [3.8, 4) is 0 Å². The summed E-state index contributed by atoms with van der Waals surface area (Å²) < 4.78 is 32.1. The standard InChI is InChI=1S/C12H26N2O3S/c1-4-8-13-9-11(2)18(15,16)14-10-12(17-3)6-5-7-12/h11,13-14H,4-10H2,1-3H3. The van der Waals surface area contributed by atoms with Crippen molar-refractivity contribution in [2.45, 2.75) is 50.4 Å². The zero-order valence-corrected chi connectivity index (χ0v) is 12.5. The van der Waals surface area contributed by atoms with Crippen LogP contribution in [0.1, 0.15) is 39.5 Å². The van der Waals surface area contributed by atoms with E-state index in [1.807, 2.05) is 0 Å². The largest absolute Gasteiger partial charge is 0.377 e. The summed E-state index contributed by atoms with van der Waals surface area (Å²) in [5, 5.41) is 2.71. The highest BCUT2D eigenvalue weighted by atomic mass is 32.2. The van der Waals surface area contributed by atoms with Gasteiger partial charge in [-0.15, -0.1) is 0 Å². The first-order valence-corrected chi connectivity index (χ1v) is 8.25. The van der Waals surface area contributed by atoms with Gasteiger partial charge in [-0.1, -0.05) is 6.92 Å². The van der Waals surface area contributed by atoms with Gasteiger partial charge in [0.1, 0.15) is 0 Å². The Hall–Kier alpha value is -0.170. The van der Waals surface area contributed by atoms with Crippen LogP contribution in [0.5, 0.6) is 0 Å². The zero-order chi connectivity index (χ0) is 13.6. The molecule has 2 N–H and O–H groups in total. The van der Waals surface area contributed by atoms with Crippen LogP contribution in [0.2, 0.25) is 0 Å². The lowest BCUT2D eigenvalue weighted by Gasteiger charge is -2.40. The van der Waals surface area contributed by atoms with Crippen molar-refractivity contribution >= 4 is 10.0 Å². The number of nitrogens with one attached hydrogen (secondary N) is 2. The summed E-state index contributed by atoms with van der Waals surface area (Å²) >= 11 is 0. The topological polar surface area (TPSA) is 67.4 Å². The summed E-state index contributed by atoms with van der Waals surface area (Å²) in [4.78, 5) is 0. The Morgan fingerprint density at radius 2 is 2.06 bits per heavy atom. The molecule has 0 aromatic rings. The Balaban J connectivity index is 2.38. The van der Waals surface area contributed by atoms with Crippen molar-refractivity contribution in [2.75, 3.05) is 26.7 Å². The second-order valence-electron chi connectivity index (χ2n) is 5.12. The summed E-state index contributed by atoms with van der Waals surface area (Å²) in [5.74, 6) is 0. The lowest BCUT2D eigenvalue weighted by atomic mass is 9.80. The van der Waals surface area contributed by atoms with Gasteiger partial charge in [0, 0.05) is 20.2 Å². The predicted molar refractivity (Wildman–Crippen MR) is 73.1 cm³/mol. The first-order valence-electron chi connectivity index (χ1n) is 6.70. The van der Waals surface area contributed by atoms with Gasteiger partial charge in [0.25, 0.3) is 0 Å². The number of rotatable bonds is 9. The summed E-state index contributed by atoms with van der Waals surface area (Å²) in [6, 6.07) is 0. The third-order valence-electron chi connectivity index (χ3n) is 3.68. The molecule has 0 radical (unpaired) electrons. The monoisotopic (exact) mass is 278 g/mol. The minimum atomic E-state index is -3.25. The second-order valence-corrected chi connectivity index (χ2v) is 7.30. The second kappa shape index (κ2) is 6.84. The van der Waals surface area contributed by atoms with Crippen LogP contribution in [0, 0.1) is 0 Å². The molecule has 0 spiro atoms. The van der Waals surface area contributed by atoms with Crippen molar-refractivity contribution in [1.29, 1.82) is 0 Å². The van der Waals surface area contributed by atoms with Gasteiger partial charge in [-0.3, -0.25) is 0 Å². The Kier molecular flexibility index (Phi) is 6.04. The Morgan fingerprint density at radius 1 is 1.39 bits per heavy atom. The van der Waals surface area contributed by atoms with Gasteiger partial charge in [-0.05, 0) is 39.2 Å². The zero-order valence-electron chi connectivity index (χ0n) is 11.7. The molecule has 1 atom stereocenters. The number of hydrogen-bond acceptors (Lipinski definition) is 4. The number of hydrogen-bond donors (Lipinski definition) is 2. The lowest BCUT2D eigenvalue weighted by Crippen LogP contribution is -2.51. The quantitative estimate of drug-likeness (QED) is 0.614. The van der Waals surface area contributed by atoms with E-state index in [0.29, 0.717) is 13.1 Å². The minimum absolute atomic E-state index is 0.260. The smallest absolute Gasteiger partial charge is 0.215 e. The molecular formula is C12H26N2O3S. The van der Waals surface area contributed by atoms with Crippen LogP contribution in [0.4, 0.5) is 0 Å². The van der Waals surface area contributed by atoms with E-state index in [1.165, 1.54) is 0 Å². The molecule has 1 unspecified atom stereocenters. The molecule has 18 heavy (non-hydrogen) atoms. The van der Waals surface area contributed by atoms with Crippen molar-refractivity contribution in [3.05, 3.63) is 0 Å². The molecule has 1 aliphatic carbocycles. The molecule has 1 fully saturated rings. The van der Waals surface area contributed by atoms with E-state index < -0.39 is 15.3 Å². The van der Waals surface area contributed by atoms with Crippen LogP contribution in [-0.4, -0.2) is 46.0 Å². The minimum Gasteiger partial charge on any atom is -0.377 e. The van der Waals surface area contributed by atoms with Crippen LogP contribution in [0.15, 0.2) is 0 Å². The highest BCUT2D eigenvalue weighted by Crippen LogP contribution is 2.34. The fourth-order valence-corrected chi connectivity index (χ4v) is 3.08. The van der Waals surface area contributed by atoms with Crippen molar-refractivity contribution in [2.24, 2.45) is 0 Å².